The van der Waals surface area contributed by atoms with E-state index in [4.69, 9.17) is 10.8 Å². The summed E-state index contributed by atoms with van der Waals surface area (Å²) >= 11 is 0. The number of furan rings is 1. The van der Waals surface area contributed by atoms with Gasteiger partial charge in [0.15, 0.2) is 0 Å². The smallest absolute Gasteiger partial charge is 0.339 e. The molecule has 0 fully saturated rings. The first-order chi connectivity index (χ1) is 9.67. The van der Waals surface area contributed by atoms with Gasteiger partial charge in [0.25, 0.3) is 0 Å². The third-order valence-electron chi connectivity index (χ3n) is 3.29. The molecular formula is C16H17NO3. The predicted octanol–water partition coefficient (Wildman–Crippen LogP) is 3.02. The number of aromatic carboxylic acids is 1. The topological polar surface area (TPSA) is 62.5 Å². The molecular weight excluding hydrogens is 254 g/mol. The van der Waals surface area contributed by atoms with Crippen molar-refractivity contribution in [2.24, 2.45) is 0 Å². The minimum Gasteiger partial charge on any atom is -0.478 e. The SMILES string of the molecule is C#CCC(CC)NCc1oc2ccccc2c1C(=O)O. The van der Waals surface area contributed by atoms with Gasteiger partial charge in [0, 0.05) is 17.8 Å². The molecule has 0 amide bonds. The molecule has 0 saturated carbocycles. The molecule has 0 saturated heterocycles. The highest BCUT2D eigenvalue weighted by Crippen LogP contribution is 2.26. The van der Waals surface area contributed by atoms with E-state index in [0.717, 1.165) is 6.42 Å². The van der Waals surface area contributed by atoms with Gasteiger partial charge in [0.1, 0.15) is 16.9 Å². The van der Waals surface area contributed by atoms with Gasteiger partial charge in [0.05, 0.1) is 6.54 Å². The Morgan fingerprint density at radius 1 is 1.50 bits per heavy atom. The van der Waals surface area contributed by atoms with Crippen molar-refractivity contribution in [3.63, 3.8) is 0 Å². The second-order valence-corrected chi connectivity index (χ2v) is 4.60. The summed E-state index contributed by atoms with van der Waals surface area (Å²) in [6, 6.07) is 7.31. The van der Waals surface area contributed by atoms with Gasteiger partial charge >= 0.3 is 5.97 Å². The van der Waals surface area contributed by atoms with Gasteiger partial charge in [-0.1, -0.05) is 25.1 Å². The van der Waals surface area contributed by atoms with E-state index < -0.39 is 5.97 Å². The van der Waals surface area contributed by atoms with Crippen LogP contribution in [0.3, 0.4) is 0 Å². The number of rotatable bonds is 6. The van der Waals surface area contributed by atoms with Crippen LogP contribution in [0.25, 0.3) is 11.0 Å². The molecule has 1 heterocycles. The van der Waals surface area contributed by atoms with E-state index in [1.807, 2.05) is 13.0 Å². The average Bonchev–Trinajstić information content (AvgIpc) is 2.81. The van der Waals surface area contributed by atoms with Crippen molar-refractivity contribution < 1.29 is 14.3 Å². The first-order valence-corrected chi connectivity index (χ1v) is 6.57. The molecule has 0 bridgehead atoms. The Morgan fingerprint density at radius 2 is 2.25 bits per heavy atom. The standard InChI is InChI=1S/C16H17NO3/c1-3-7-11(4-2)17-10-14-15(16(18)19)12-8-5-6-9-13(12)20-14/h1,5-6,8-9,11,17H,4,7,10H2,2H3,(H,18,19). The fraction of sp³-hybridized carbons (Fsp3) is 0.312. The molecule has 104 valence electrons. The number of carboxylic acid groups (broad SMARTS) is 1. The Hall–Kier alpha value is -2.25. The van der Waals surface area contributed by atoms with E-state index in [2.05, 4.69) is 11.2 Å². The third-order valence-corrected chi connectivity index (χ3v) is 3.29. The maximum atomic E-state index is 11.4. The zero-order valence-electron chi connectivity index (χ0n) is 11.3. The Labute approximate surface area is 117 Å². The second kappa shape index (κ2) is 6.27. The van der Waals surface area contributed by atoms with Crippen LogP contribution in [0.15, 0.2) is 28.7 Å². The molecule has 4 heteroatoms. The highest BCUT2D eigenvalue weighted by atomic mass is 16.4. The normalized spacial score (nSPS) is 12.2. The van der Waals surface area contributed by atoms with Gasteiger partial charge in [-0.2, -0.15) is 0 Å². The quantitative estimate of drug-likeness (QED) is 0.793. The molecule has 1 atom stereocenters. The number of nitrogens with one attached hydrogen (secondary N) is 1. The Morgan fingerprint density at radius 3 is 2.90 bits per heavy atom. The highest BCUT2D eigenvalue weighted by molar-refractivity contribution is 6.03. The van der Waals surface area contributed by atoms with Crippen LogP contribution in [0.2, 0.25) is 0 Å². The first-order valence-electron chi connectivity index (χ1n) is 6.57. The number of fused-ring (bicyclic) bond motifs is 1. The van der Waals surface area contributed by atoms with Gasteiger partial charge in [-0.15, -0.1) is 12.3 Å². The van der Waals surface area contributed by atoms with Crippen molar-refractivity contribution in [2.75, 3.05) is 0 Å². The molecule has 0 aliphatic heterocycles. The zero-order valence-corrected chi connectivity index (χ0v) is 11.3. The second-order valence-electron chi connectivity index (χ2n) is 4.60. The molecule has 1 aromatic heterocycles. The van der Waals surface area contributed by atoms with Crippen molar-refractivity contribution in [1.82, 2.24) is 5.32 Å². The van der Waals surface area contributed by atoms with Crippen molar-refractivity contribution in [3.05, 3.63) is 35.6 Å². The molecule has 20 heavy (non-hydrogen) atoms. The molecule has 1 unspecified atom stereocenters. The number of benzene rings is 1. The Balaban J connectivity index is 2.27. The van der Waals surface area contributed by atoms with E-state index in [1.165, 1.54) is 0 Å². The van der Waals surface area contributed by atoms with Crippen molar-refractivity contribution in [3.8, 4) is 12.3 Å². The van der Waals surface area contributed by atoms with E-state index in [0.29, 0.717) is 29.7 Å². The van der Waals surface area contributed by atoms with Gasteiger partial charge in [0.2, 0.25) is 0 Å². The van der Waals surface area contributed by atoms with Crippen LogP contribution in [-0.4, -0.2) is 17.1 Å². The van der Waals surface area contributed by atoms with Crippen LogP contribution in [-0.2, 0) is 6.54 Å². The molecule has 4 nitrogen and oxygen atoms in total. The molecule has 1 aromatic carbocycles. The van der Waals surface area contributed by atoms with Crippen LogP contribution in [0.1, 0.15) is 35.9 Å². The number of terminal acetylenes is 1. The average molecular weight is 271 g/mol. The summed E-state index contributed by atoms with van der Waals surface area (Å²) in [6.07, 6.45) is 6.80. The molecule has 2 aromatic rings. The number of hydrogen-bond donors (Lipinski definition) is 2. The fourth-order valence-electron chi connectivity index (χ4n) is 2.20. The summed E-state index contributed by atoms with van der Waals surface area (Å²) in [5.41, 5.74) is 0.815. The van der Waals surface area contributed by atoms with Crippen molar-refractivity contribution in [1.29, 1.82) is 0 Å². The van der Waals surface area contributed by atoms with Crippen molar-refractivity contribution in [2.45, 2.75) is 32.4 Å². The molecule has 2 rings (SSSR count). The summed E-state index contributed by atoms with van der Waals surface area (Å²) in [6.45, 7) is 2.39. The fourth-order valence-corrected chi connectivity index (χ4v) is 2.20. The van der Waals surface area contributed by atoms with E-state index >= 15 is 0 Å². The van der Waals surface area contributed by atoms with Crippen LogP contribution in [0, 0.1) is 12.3 Å². The number of carbonyl (C=O) groups is 1. The zero-order chi connectivity index (χ0) is 14.5. The summed E-state index contributed by atoms with van der Waals surface area (Å²) in [7, 11) is 0. The van der Waals surface area contributed by atoms with Crippen LogP contribution >= 0.6 is 0 Å². The van der Waals surface area contributed by atoms with Crippen LogP contribution < -0.4 is 5.32 Å². The number of carboxylic acids is 1. The Bertz CT molecular complexity index is 651. The highest BCUT2D eigenvalue weighted by Gasteiger charge is 2.20. The summed E-state index contributed by atoms with van der Waals surface area (Å²) in [5, 5.41) is 13.2. The first kappa shape index (κ1) is 14.2. The van der Waals surface area contributed by atoms with Crippen molar-refractivity contribution >= 4 is 16.9 Å². The van der Waals surface area contributed by atoms with Gasteiger partial charge in [-0.05, 0) is 12.5 Å². The minimum atomic E-state index is -0.975. The predicted molar refractivity (Wildman–Crippen MR) is 77.5 cm³/mol. The lowest BCUT2D eigenvalue weighted by Gasteiger charge is -2.13. The van der Waals surface area contributed by atoms with Gasteiger partial charge in [-0.3, -0.25) is 0 Å². The molecule has 0 radical (unpaired) electrons. The molecule has 2 N–H and O–H groups in total. The monoisotopic (exact) mass is 271 g/mol. The molecule has 0 aliphatic carbocycles. The molecule has 0 spiro atoms. The van der Waals surface area contributed by atoms with Crippen LogP contribution in [0.5, 0.6) is 0 Å². The minimum absolute atomic E-state index is 0.162. The lowest BCUT2D eigenvalue weighted by Crippen LogP contribution is -2.27. The third kappa shape index (κ3) is 2.84. The maximum Gasteiger partial charge on any atom is 0.339 e. The van der Waals surface area contributed by atoms with Gasteiger partial charge < -0.3 is 14.8 Å². The summed E-state index contributed by atoms with van der Waals surface area (Å²) in [5.74, 6) is 2.07. The largest absolute Gasteiger partial charge is 0.478 e. The van der Waals surface area contributed by atoms with E-state index in [1.54, 1.807) is 18.2 Å². The number of para-hydroxylation sites is 1. The van der Waals surface area contributed by atoms with Gasteiger partial charge in [-0.25, -0.2) is 4.79 Å². The molecule has 0 aliphatic rings. The lowest BCUT2D eigenvalue weighted by molar-refractivity contribution is 0.0696. The summed E-state index contributed by atoms with van der Waals surface area (Å²) in [4.78, 5) is 11.4. The Kier molecular flexibility index (Phi) is 4.44. The number of hydrogen-bond acceptors (Lipinski definition) is 3. The lowest BCUT2D eigenvalue weighted by atomic mass is 10.1. The van der Waals surface area contributed by atoms with Crippen LogP contribution in [0.4, 0.5) is 0 Å². The summed E-state index contributed by atoms with van der Waals surface area (Å²) < 4.78 is 5.64. The maximum absolute atomic E-state index is 11.4. The van der Waals surface area contributed by atoms with E-state index in [9.17, 15) is 9.90 Å². The van der Waals surface area contributed by atoms with E-state index in [-0.39, 0.29) is 11.6 Å².